The molecule has 1 aromatic heterocycles. The third kappa shape index (κ3) is 2.67. The van der Waals surface area contributed by atoms with E-state index >= 15 is 0 Å². The molecule has 0 aliphatic carbocycles. The van der Waals surface area contributed by atoms with Gasteiger partial charge in [-0.3, -0.25) is 9.36 Å². The molecule has 7 heteroatoms. The number of ether oxygens (including phenoxy) is 1. The minimum atomic E-state index is -1.18. The van der Waals surface area contributed by atoms with Crippen LogP contribution < -0.4 is 10.3 Å². The Hall–Kier alpha value is -3.14. The molecule has 0 saturated carbocycles. The van der Waals surface area contributed by atoms with Crippen LogP contribution in [-0.4, -0.2) is 27.7 Å². The van der Waals surface area contributed by atoms with E-state index in [1.165, 1.54) is 14.0 Å². The van der Waals surface area contributed by atoms with E-state index < -0.39 is 17.6 Å². The second-order valence-corrected chi connectivity index (χ2v) is 4.54. The largest absolute Gasteiger partial charge is 0.497 e. The SMILES string of the molecule is COc1ccc(-c2ncn(C(C)C(=O)O)c(=O)c2C#N)cc1. The number of carboxylic acid groups (broad SMARTS) is 1. The molecule has 0 saturated heterocycles. The highest BCUT2D eigenvalue weighted by molar-refractivity contribution is 5.72. The van der Waals surface area contributed by atoms with Gasteiger partial charge in [0.25, 0.3) is 5.56 Å². The van der Waals surface area contributed by atoms with Crippen LogP contribution in [0, 0.1) is 11.3 Å². The third-order valence-corrected chi connectivity index (χ3v) is 3.25. The number of rotatable bonds is 4. The van der Waals surface area contributed by atoms with E-state index in [0.717, 1.165) is 10.9 Å². The Labute approximate surface area is 126 Å². The predicted molar refractivity (Wildman–Crippen MR) is 77.5 cm³/mol. The summed E-state index contributed by atoms with van der Waals surface area (Å²) in [6.45, 7) is 1.35. The number of carbonyl (C=O) groups is 1. The van der Waals surface area contributed by atoms with Gasteiger partial charge in [0.05, 0.1) is 19.1 Å². The molecule has 0 amide bonds. The number of nitrogens with zero attached hydrogens (tertiary/aromatic N) is 3. The van der Waals surface area contributed by atoms with Crippen LogP contribution >= 0.6 is 0 Å². The highest BCUT2D eigenvalue weighted by atomic mass is 16.5. The van der Waals surface area contributed by atoms with Crippen LogP contribution in [0.25, 0.3) is 11.3 Å². The molecular weight excluding hydrogens is 286 g/mol. The van der Waals surface area contributed by atoms with Crippen LogP contribution in [-0.2, 0) is 4.79 Å². The minimum Gasteiger partial charge on any atom is -0.497 e. The van der Waals surface area contributed by atoms with Crippen LogP contribution in [0.15, 0.2) is 35.4 Å². The Kier molecular flexibility index (Phi) is 4.23. The number of hydrogen-bond acceptors (Lipinski definition) is 5. The zero-order valence-corrected chi connectivity index (χ0v) is 12.0. The fourth-order valence-electron chi connectivity index (χ4n) is 1.93. The summed E-state index contributed by atoms with van der Waals surface area (Å²) in [6, 6.07) is 7.42. The molecule has 2 rings (SSSR count). The minimum absolute atomic E-state index is 0.194. The van der Waals surface area contributed by atoms with Gasteiger partial charge >= 0.3 is 5.97 Å². The maximum Gasteiger partial charge on any atom is 0.326 e. The van der Waals surface area contributed by atoms with E-state index in [2.05, 4.69) is 4.98 Å². The quantitative estimate of drug-likeness (QED) is 0.915. The topological polar surface area (TPSA) is 105 Å². The summed E-state index contributed by atoms with van der Waals surface area (Å²) in [6.07, 6.45) is 1.14. The summed E-state index contributed by atoms with van der Waals surface area (Å²) < 4.78 is 5.97. The van der Waals surface area contributed by atoms with E-state index in [1.807, 2.05) is 0 Å². The molecule has 7 nitrogen and oxygen atoms in total. The fourth-order valence-corrected chi connectivity index (χ4v) is 1.93. The van der Waals surface area contributed by atoms with Crippen molar-refractivity contribution in [1.82, 2.24) is 9.55 Å². The van der Waals surface area contributed by atoms with Crippen molar-refractivity contribution in [3.8, 4) is 23.1 Å². The van der Waals surface area contributed by atoms with Gasteiger partial charge in [0.1, 0.15) is 23.4 Å². The molecule has 0 fully saturated rings. The van der Waals surface area contributed by atoms with Gasteiger partial charge in [0.2, 0.25) is 0 Å². The first-order valence-electron chi connectivity index (χ1n) is 6.38. The molecule has 1 atom stereocenters. The van der Waals surface area contributed by atoms with Crippen LogP contribution in [0.3, 0.4) is 0 Å². The van der Waals surface area contributed by atoms with E-state index in [0.29, 0.717) is 11.3 Å². The van der Waals surface area contributed by atoms with Crippen molar-refractivity contribution in [1.29, 1.82) is 5.26 Å². The van der Waals surface area contributed by atoms with Crippen LogP contribution in [0.1, 0.15) is 18.5 Å². The second kappa shape index (κ2) is 6.10. The molecule has 1 unspecified atom stereocenters. The number of carboxylic acids is 1. The normalized spacial score (nSPS) is 11.5. The molecule has 0 radical (unpaired) electrons. The van der Waals surface area contributed by atoms with Crippen molar-refractivity contribution < 1.29 is 14.6 Å². The van der Waals surface area contributed by atoms with E-state index in [9.17, 15) is 14.9 Å². The molecule has 0 aliphatic rings. The lowest BCUT2D eigenvalue weighted by molar-refractivity contribution is -0.140. The average molecular weight is 299 g/mol. The number of methoxy groups -OCH3 is 1. The number of benzene rings is 1. The standard InChI is InChI=1S/C15H13N3O4/c1-9(15(20)21)18-8-17-13(12(7-16)14(18)19)10-3-5-11(22-2)6-4-10/h3-6,8-9H,1-2H3,(H,20,21). The Morgan fingerprint density at radius 1 is 1.41 bits per heavy atom. The summed E-state index contributed by atoms with van der Waals surface area (Å²) in [4.78, 5) is 27.3. The van der Waals surface area contributed by atoms with E-state index in [-0.39, 0.29) is 11.3 Å². The smallest absolute Gasteiger partial charge is 0.326 e. The number of hydrogen-bond donors (Lipinski definition) is 1. The zero-order chi connectivity index (χ0) is 16.3. The molecule has 1 aromatic carbocycles. The third-order valence-electron chi connectivity index (χ3n) is 3.25. The fraction of sp³-hybridized carbons (Fsp3) is 0.200. The summed E-state index contributed by atoms with van der Waals surface area (Å²) in [5.74, 6) is -0.542. The lowest BCUT2D eigenvalue weighted by Gasteiger charge is -2.12. The lowest BCUT2D eigenvalue weighted by Crippen LogP contribution is -2.30. The first-order chi connectivity index (χ1) is 10.5. The first-order valence-corrected chi connectivity index (χ1v) is 6.38. The highest BCUT2D eigenvalue weighted by Crippen LogP contribution is 2.22. The van der Waals surface area contributed by atoms with Crippen LogP contribution in [0.5, 0.6) is 5.75 Å². The number of nitriles is 1. The maximum absolute atomic E-state index is 12.3. The Morgan fingerprint density at radius 3 is 2.55 bits per heavy atom. The van der Waals surface area contributed by atoms with Gasteiger partial charge in [-0.2, -0.15) is 5.26 Å². The van der Waals surface area contributed by atoms with Crippen molar-refractivity contribution in [2.75, 3.05) is 7.11 Å². The molecule has 0 spiro atoms. The molecule has 2 aromatic rings. The molecular formula is C15H13N3O4. The molecule has 0 bridgehead atoms. The second-order valence-electron chi connectivity index (χ2n) is 4.54. The van der Waals surface area contributed by atoms with Gasteiger partial charge in [0.15, 0.2) is 0 Å². The molecule has 1 N–H and O–H groups in total. The Balaban J connectivity index is 2.59. The Morgan fingerprint density at radius 2 is 2.05 bits per heavy atom. The molecule has 0 aliphatic heterocycles. The number of aromatic nitrogens is 2. The zero-order valence-electron chi connectivity index (χ0n) is 12.0. The Bertz CT molecular complexity index is 803. The van der Waals surface area contributed by atoms with Gasteiger partial charge < -0.3 is 9.84 Å². The van der Waals surface area contributed by atoms with Gasteiger partial charge in [-0.15, -0.1) is 0 Å². The van der Waals surface area contributed by atoms with Crippen molar-refractivity contribution >= 4 is 5.97 Å². The summed E-state index contributed by atoms with van der Waals surface area (Å²) >= 11 is 0. The summed E-state index contributed by atoms with van der Waals surface area (Å²) in [5, 5.41) is 18.2. The van der Waals surface area contributed by atoms with Gasteiger partial charge in [0, 0.05) is 5.56 Å². The van der Waals surface area contributed by atoms with Crippen LogP contribution in [0.2, 0.25) is 0 Å². The van der Waals surface area contributed by atoms with Crippen molar-refractivity contribution in [2.45, 2.75) is 13.0 Å². The maximum atomic E-state index is 12.3. The molecule has 112 valence electrons. The van der Waals surface area contributed by atoms with Gasteiger partial charge in [-0.1, -0.05) is 0 Å². The number of aliphatic carboxylic acids is 1. The van der Waals surface area contributed by atoms with Crippen molar-refractivity contribution in [2.24, 2.45) is 0 Å². The predicted octanol–water partition coefficient (Wildman–Crippen LogP) is 1.44. The monoisotopic (exact) mass is 299 g/mol. The van der Waals surface area contributed by atoms with E-state index in [4.69, 9.17) is 9.84 Å². The highest BCUT2D eigenvalue weighted by Gasteiger charge is 2.19. The van der Waals surface area contributed by atoms with Crippen LogP contribution in [0.4, 0.5) is 0 Å². The summed E-state index contributed by atoms with van der Waals surface area (Å²) in [5.41, 5.74) is -0.0902. The average Bonchev–Trinajstić information content (AvgIpc) is 2.54. The van der Waals surface area contributed by atoms with Gasteiger partial charge in [-0.25, -0.2) is 9.78 Å². The van der Waals surface area contributed by atoms with Gasteiger partial charge in [-0.05, 0) is 31.2 Å². The molecule has 22 heavy (non-hydrogen) atoms. The lowest BCUT2D eigenvalue weighted by atomic mass is 10.1. The summed E-state index contributed by atoms with van der Waals surface area (Å²) in [7, 11) is 1.53. The van der Waals surface area contributed by atoms with Crippen molar-refractivity contribution in [3.05, 3.63) is 46.5 Å². The molecule has 1 heterocycles. The van der Waals surface area contributed by atoms with E-state index in [1.54, 1.807) is 30.3 Å². The van der Waals surface area contributed by atoms with Crippen molar-refractivity contribution in [3.63, 3.8) is 0 Å². The first kappa shape index (κ1) is 15.3.